The normalized spacial score (nSPS) is 11.2. The molecule has 0 spiro atoms. The number of ether oxygens (including phenoxy) is 1. The average molecular weight is 470 g/mol. The lowest BCUT2D eigenvalue weighted by Crippen LogP contribution is -2.35. The predicted octanol–water partition coefficient (Wildman–Crippen LogP) is 4.73. The van der Waals surface area contributed by atoms with Crippen LogP contribution in [0, 0.1) is 0 Å². The SMILES string of the molecule is COc1ncc(-c2ccc(C[n+]3cc([N-]C(=O)Nc4cccc(C(F)(F)F)c4)on3)cc2)cn1. The zero-order valence-electron chi connectivity index (χ0n) is 17.7. The van der Waals surface area contributed by atoms with Crippen molar-refractivity contribution in [2.45, 2.75) is 12.7 Å². The number of amides is 2. The van der Waals surface area contributed by atoms with Crippen molar-refractivity contribution in [2.75, 3.05) is 12.4 Å². The largest absolute Gasteiger partial charge is 0.467 e. The molecule has 1 N–H and O–H groups in total. The number of rotatable bonds is 6. The van der Waals surface area contributed by atoms with E-state index in [9.17, 15) is 18.0 Å². The maximum Gasteiger partial charge on any atom is 0.416 e. The highest BCUT2D eigenvalue weighted by Crippen LogP contribution is 2.31. The number of nitrogens with zero attached hydrogens (tertiary/aromatic N) is 5. The molecule has 2 amide bonds. The predicted molar refractivity (Wildman–Crippen MR) is 113 cm³/mol. The summed E-state index contributed by atoms with van der Waals surface area (Å²) in [7, 11) is 1.49. The van der Waals surface area contributed by atoms with Gasteiger partial charge in [0.15, 0.2) is 11.3 Å². The number of hydrogen-bond donors (Lipinski definition) is 1. The monoisotopic (exact) mass is 470 g/mol. The van der Waals surface area contributed by atoms with E-state index in [0.717, 1.165) is 28.8 Å². The Kier molecular flexibility index (Phi) is 6.39. The molecule has 2 aromatic carbocycles. The van der Waals surface area contributed by atoms with E-state index in [1.807, 2.05) is 24.3 Å². The number of halogens is 3. The molecule has 0 atom stereocenters. The Bertz CT molecular complexity index is 1270. The van der Waals surface area contributed by atoms with Crippen molar-refractivity contribution in [1.82, 2.24) is 15.2 Å². The minimum atomic E-state index is -4.52. The number of carbonyl (C=O) groups excluding carboxylic acids is 1. The van der Waals surface area contributed by atoms with Crippen LogP contribution in [0.1, 0.15) is 11.1 Å². The van der Waals surface area contributed by atoms with Gasteiger partial charge in [-0.1, -0.05) is 42.5 Å². The number of nitrogens with one attached hydrogen (secondary N) is 1. The zero-order valence-corrected chi connectivity index (χ0v) is 17.7. The van der Waals surface area contributed by atoms with Crippen LogP contribution in [0.5, 0.6) is 6.01 Å². The van der Waals surface area contributed by atoms with E-state index >= 15 is 0 Å². The molecule has 0 aliphatic heterocycles. The molecule has 0 radical (unpaired) electrons. The molecule has 4 rings (SSSR count). The molecule has 12 heteroatoms. The van der Waals surface area contributed by atoms with Crippen molar-refractivity contribution in [1.29, 1.82) is 0 Å². The molecule has 2 aromatic heterocycles. The van der Waals surface area contributed by atoms with Gasteiger partial charge < -0.3 is 19.9 Å². The molecule has 0 aliphatic rings. The van der Waals surface area contributed by atoms with Crippen molar-refractivity contribution in [3.8, 4) is 17.1 Å². The highest BCUT2D eigenvalue weighted by atomic mass is 19.4. The van der Waals surface area contributed by atoms with Gasteiger partial charge in [-0.05, 0) is 22.0 Å². The van der Waals surface area contributed by atoms with Crippen molar-refractivity contribution in [2.24, 2.45) is 0 Å². The summed E-state index contributed by atoms with van der Waals surface area (Å²) in [5.41, 5.74) is 1.72. The number of urea groups is 1. The second-order valence-electron chi connectivity index (χ2n) is 7.01. The average Bonchev–Trinajstić information content (AvgIpc) is 3.25. The fourth-order valence-electron chi connectivity index (χ4n) is 2.98. The van der Waals surface area contributed by atoms with Gasteiger partial charge in [-0.25, -0.2) is 9.97 Å². The highest BCUT2D eigenvalue weighted by Gasteiger charge is 2.30. The summed E-state index contributed by atoms with van der Waals surface area (Å²) >= 11 is 0. The fourth-order valence-corrected chi connectivity index (χ4v) is 2.98. The Morgan fingerprint density at radius 1 is 1.12 bits per heavy atom. The van der Waals surface area contributed by atoms with Gasteiger partial charge >= 0.3 is 12.2 Å². The number of hydrogen-bond acceptors (Lipinski definition) is 6. The van der Waals surface area contributed by atoms with Crippen molar-refractivity contribution < 1.29 is 31.9 Å². The summed E-state index contributed by atoms with van der Waals surface area (Å²) in [4.78, 5) is 20.2. The van der Waals surface area contributed by atoms with Crippen LogP contribution in [-0.2, 0) is 12.7 Å². The molecule has 9 nitrogen and oxygen atoms in total. The van der Waals surface area contributed by atoms with Crippen LogP contribution in [0.15, 0.2) is 71.6 Å². The Morgan fingerprint density at radius 2 is 1.85 bits per heavy atom. The van der Waals surface area contributed by atoms with E-state index in [0.29, 0.717) is 6.54 Å². The molecular formula is C22H17F3N6O3. The summed E-state index contributed by atoms with van der Waals surface area (Å²) < 4.78 is 49.8. The lowest BCUT2D eigenvalue weighted by Gasteiger charge is -2.15. The smallest absolute Gasteiger partial charge is 0.416 e. The number of methoxy groups -OCH3 is 1. The fraction of sp³-hybridized carbons (Fsp3) is 0.136. The Balaban J connectivity index is 1.35. The van der Waals surface area contributed by atoms with E-state index in [1.165, 1.54) is 30.1 Å². The molecule has 174 valence electrons. The van der Waals surface area contributed by atoms with Crippen molar-refractivity contribution in [3.05, 3.63) is 83.6 Å². The standard InChI is InChI=1S/C22H17F3N6O3/c1-33-21-26-10-16(11-27-21)15-7-5-14(6-8-15)12-31-13-19(34-30-31)29-20(32)28-18-4-2-3-17(9-18)22(23,24)25/h2-11,13H,12H2,1H3,(H-,28,29,30,32). The first-order valence-corrected chi connectivity index (χ1v) is 9.82. The van der Waals surface area contributed by atoms with Crippen LogP contribution >= 0.6 is 0 Å². The zero-order chi connectivity index (χ0) is 24.1. The summed E-state index contributed by atoms with van der Waals surface area (Å²) in [6.07, 6.45) is 0.197. The van der Waals surface area contributed by atoms with Crippen molar-refractivity contribution in [3.63, 3.8) is 0 Å². The van der Waals surface area contributed by atoms with E-state index in [2.05, 4.69) is 25.9 Å². The van der Waals surface area contributed by atoms with Gasteiger partial charge in [0.1, 0.15) is 0 Å². The Labute approximate surface area is 191 Å². The van der Waals surface area contributed by atoms with Gasteiger partial charge in [0, 0.05) is 23.5 Å². The molecule has 4 aromatic rings. The van der Waals surface area contributed by atoms with Crippen LogP contribution < -0.4 is 14.7 Å². The maximum absolute atomic E-state index is 12.8. The number of aromatic nitrogens is 4. The lowest BCUT2D eigenvalue weighted by molar-refractivity contribution is -0.754. The van der Waals surface area contributed by atoms with Crippen LogP contribution in [0.25, 0.3) is 16.4 Å². The van der Waals surface area contributed by atoms with Crippen LogP contribution in [0.4, 0.5) is 29.5 Å². The first-order valence-electron chi connectivity index (χ1n) is 9.82. The summed E-state index contributed by atoms with van der Waals surface area (Å²) in [6, 6.07) is 11.2. The Hall–Kier alpha value is -4.48. The summed E-state index contributed by atoms with van der Waals surface area (Å²) in [6.45, 7) is 0.341. The molecule has 0 aliphatic carbocycles. The molecule has 0 fully saturated rings. The van der Waals surface area contributed by atoms with E-state index in [-0.39, 0.29) is 17.6 Å². The van der Waals surface area contributed by atoms with E-state index in [1.54, 1.807) is 12.4 Å². The molecular weight excluding hydrogens is 453 g/mol. The minimum Gasteiger partial charge on any atom is -0.467 e. The van der Waals surface area contributed by atoms with Crippen LogP contribution in [-0.4, -0.2) is 28.4 Å². The minimum absolute atomic E-state index is 0.0432. The quantitative estimate of drug-likeness (QED) is 0.408. The number of anilines is 1. The van der Waals surface area contributed by atoms with Gasteiger partial charge in [-0.2, -0.15) is 13.2 Å². The summed E-state index contributed by atoms with van der Waals surface area (Å²) in [5.74, 6) is -0.100. The van der Waals surface area contributed by atoms with Crippen molar-refractivity contribution >= 4 is 17.6 Å². The second-order valence-corrected chi connectivity index (χ2v) is 7.01. The molecule has 0 saturated carbocycles. The van der Waals surface area contributed by atoms with Crippen LogP contribution in [0.2, 0.25) is 0 Å². The number of carbonyl (C=O) groups is 1. The second kappa shape index (κ2) is 9.57. The molecule has 0 saturated heterocycles. The van der Waals surface area contributed by atoms with Gasteiger partial charge in [0.25, 0.3) is 0 Å². The van der Waals surface area contributed by atoms with E-state index < -0.39 is 17.8 Å². The maximum atomic E-state index is 12.8. The summed E-state index contributed by atoms with van der Waals surface area (Å²) in [5, 5.41) is 9.74. The highest BCUT2D eigenvalue weighted by molar-refractivity contribution is 6.03. The third-order valence-electron chi connectivity index (χ3n) is 4.59. The first-order chi connectivity index (χ1) is 16.3. The van der Waals surface area contributed by atoms with Gasteiger partial charge in [0.2, 0.25) is 18.6 Å². The third kappa shape index (κ3) is 5.65. The lowest BCUT2D eigenvalue weighted by atomic mass is 10.1. The van der Waals surface area contributed by atoms with Gasteiger partial charge in [-0.3, -0.25) is 4.79 Å². The first kappa shape index (κ1) is 22.7. The molecule has 34 heavy (non-hydrogen) atoms. The molecule has 0 bridgehead atoms. The number of alkyl halides is 3. The van der Waals surface area contributed by atoms with Gasteiger partial charge in [0.05, 0.1) is 12.7 Å². The molecule has 2 heterocycles. The van der Waals surface area contributed by atoms with E-state index in [4.69, 9.17) is 9.26 Å². The van der Waals surface area contributed by atoms with Gasteiger partial charge in [-0.15, -0.1) is 0 Å². The number of benzene rings is 2. The molecule has 0 unspecified atom stereocenters. The third-order valence-corrected chi connectivity index (χ3v) is 4.59. The Morgan fingerprint density at radius 3 is 2.53 bits per heavy atom. The van der Waals surface area contributed by atoms with Crippen LogP contribution in [0.3, 0.4) is 0 Å². The topological polar surface area (TPSA) is 108 Å².